The largest absolute Gasteiger partial charge is 0.308 e. The van der Waals surface area contributed by atoms with Gasteiger partial charge in [-0.1, -0.05) is 0 Å². The van der Waals surface area contributed by atoms with E-state index in [0.717, 1.165) is 10.6 Å². The highest BCUT2D eigenvalue weighted by molar-refractivity contribution is 7.15. The highest BCUT2D eigenvalue weighted by Crippen LogP contribution is 2.20. The molecule has 0 aliphatic carbocycles. The van der Waals surface area contributed by atoms with Crippen LogP contribution in [0.1, 0.15) is 17.5 Å². The Kier molecular flexibility index (Phi) is 4.08. The number of carbonyl (C=O) groups is 2. The molecule has 0 atom stereocenters. The van der Waals surface area contributed by atoms with Gasteiger partial charge in [0, 0.05) is 11.8 Å². The summed E-state index contributed by atoms with van der Waals surface area (Å²) >= 11 is 1.42. The molecule has 0 spiro atoms. The van der Waals surface area contributed by atoms with E-state index < -0.39 is 0 Å². The standard InChI is InChI=1S/C11H14N6O2S/c1-6-7(2)20-11(13-6)15-10(19)5-17-12-4-9(16-17)14-8(3)18/h4H,5H2,1-3H3,(H,13,15,19)(H,14,16,18). The monoisotopic (exact) mass is 294 g/mol. The lowest BCUT2D eigenvalue weighted by atomic mass is 10.4. The normalized spacial score (nSPS) is 10.3. The van der Waals surface area contributed by atoms with Crippen molar-refractivity contribution in [3.63, 3.8) is 0 Å². The van der Waals surface area contributed by atoms with Crippen LogP contribution in [-0.2, 0) is 16.1 Å². The average Bonchev–Trinajstić information content (AvgIpc) is 2.86. The minimum Gasteiger partial charge on any atom is -0.308 e. The Morgan fingerprint density at radius 2 is 2.10 bits per heavy atom. The summed E-state index contributed by atoms with van der Waals surface area (Å²) in [5, 5.41) is 13.6. The Balaban J connectivity index is 1.94. The molecular weight excluding hydrogens is 280 g/mol. The Morgan fingerprint density at radius 1 is 1.35 bits per heavy atom. The first-order valence-corrected chi connectivity index (χ1v) is 6.67. The first-order chi connectivity index (χ1) is 9.44. The number of hydrogen-bond acceptors (Lipinski definition) is 6. The molecule has 0 radical (unpaired) electrons. The number of rotatable bonds is 4. The Bertz CT molecular complexity index is 628. The number of nitrogens with one attached hydrogen (secondary N) is 2. The molecule has 20 heavy (non-hydrogen) atoms. The van der Waals surface area contributed by atoms with Crippen LogP contribution < -0.4 is 10.6 Å². The van der Waals surface area contributed by atoms with Gasteiger partial charge in [-0.15, -0.1) is 16.4 Å². The second-order valence-electron chi connectivity index (χ2n) is 4.15. The van der Waals surface area contributed by atoms with E-state index in [1.54, 1.807) is 0 Å². The zero-order valence-electron chi connectivity index (χ0n) is 11.3. The third-order valence-electron chi connectivity index (χ3n) is 2.40. The van der Waals surface area contributed by atoms with Gasteiger partial charge in [-0.05, 0) is 13.8 Å². The summed E-state index contributed by atoms with van der Waals surface area (Å²) in [6, 6.07) is 0. The Labute approximate surface area is 119 Å². The van der Waals surface area contributed by atoms with Crippen molar-refractivity contribution in [2.75, 3.05) is 10.6 Å². The third kappa shape index (κ3) is 3.60. The molecule has 2 amide bonds. The Morgan fingerprint density at radius 3 is 2.70 bits per heavy atom. The summed E-state index contributed by atoms with van der Waals surface area (Å²) in [5.41, 5.74) is 0.899. The van der Waals surface area contributed by atoms with Gasteiger partial charge in [0.25, 0.3) is 0 Å². The van der Waals surface area contributed by atoms with Crippen molar-refractivity contribution >= 4 is 34.1 Å². The minimum absolute atomic E-state index is 0.0444. The van der Waals surface area contributed by atoms with E-state index in [1.807, 2.05) is 13.8 Å². The zero-order valence-corrected chi connectivity index (χ0v) is 12.1. The van der Waals surface area contributed by atoms with Gasteiger partial charge in [0.1, 0.15) is 6.54 Å². The van der Waals surface area contributed by atoms with Crippen molar-refractivity contribution in [2.45, 2.75) is 27.3 Å². The number of amides is 2. The van der Waals surface area contributed by atoms with Gasteiger partial charge in [-0.25, -0.2) is 4.98 Å². The van der Waals surface area contributed by atoms with Crippen LogP contribution in [0.2, 0.25) is 0 Å². The van der Waals surface area contributed by atoms with E-state index >= 15 is 0 Å². The maximum Gasteiger partial charge on any atom is 0.249 e. The summed E-state index contributed by atoms with van der Waals surface area (Å²) in [5.74, 6) is -0.204. The zero-order chi connectivity index (χ0) is 14.7. The maximum absolute atomic E-state index is 11.8. The van der Waals surface area contributed by atoms with Gasteiger partial charge >= 0.3 is 0 Å². The maximum atomic E-state index is 11.8. The predicted molar refractivity (Wildman–Crippen MR) is 74.5 cm³/mol. The van der Waals surface area contributed by atoms with E-state index in [-0.39, 0.29) is 18.4 Å². The van der Waals surface area contributed by atoms with E-state index in [4.69, 9.17) is 0 Å². The number of anilines is 2. The number of carbonyl (C=O) groups excluding carboxylic acids is 2. The van der Waals surface area contributed by atoms with Gasteiger partial charge in [0.2, 0.25) is 11.8 Å². The van der Waals surface area contributed by atoms with Crippen LogP contribution in [-0.4, -0.2) is 31.8 Å². The van der Waals surface area contributed by atoms with Crippen molar-refractivity contribution in [1.82, 2.24) is 20.0 Å². The lowest BCUT2D eigenvalue weighted by molar-refractivity contribution is -0.117. The smallest absolute Gasteiger partial charge is 0.249 e. The molecule has 2 heterocycles. The van der Waals surface area contributed by atoms with Crippen molar-refractivity contribution in [2.24, 2.45) is 0 Å². The molecule has 2 rings (SSSR count). The number of hydrogen-bond donors (Lipinski definition) is 2. The van der Waals surface area contributed by atoms with E-state index in [2.05, 4.69) is 25.8 Å². The van der Waals surface area contributed by atoms with Crippen LogP contribution in [0.25, 0.3) is 0 Å². The van der Waals surface area contributed by atoms with Gasteiger partial charge in [0.15, 0.2) is 10.9 Å². The number of nitrogens with zero attached hydrogens (tertiary/aromatic N) is 4. The fourth-order valence-electron chi connectivity index (χ4n) is 1.42. The summed E-state index contributed by atoms with van der Waals surface area (Å²) < 4.78 is 0. The highest BCUT2D eigenvalue weighted by atomic mass is 32.1. The molecule has 2 N–H and O–H groups in total. The van der Waals surface area contributed by atoms with Crippen LogP contribution in [0.4, 0.5) is 10.9 Å². The molecule has 0 saturated carbocycles. The van der Waals surface area contributed by atoms with Gasteiger partial charge in [-0.3, -0.25) is 9.59 Å². The third-order valence-corrected chi connectivity index (χ3v) is 3.39. The molecule has 9 heteroatoms. The molecule has 2 aromatic heterocycles. The molecule has 0 unspecified atom stereocenters. The predicted octanol–water partition coefficient (Wildman–Crippen LogP) is 0.949. The molecular formula is C11H14N6O2S. The van der Waals surface area contributed by atoms with E-state index in [0.29, 0.717) is 10.9 Å². The summed E-state index contributed by atoms with van der Waals surface area (Å²) in [7, 11) is 0. The van der Waals surface area contributed by atoms with E-state index in [1.165, 1.54) is 29.3 Å². The minimum atomic E-state index is -0.274. The van der Waals surface area contributed by atoms with Crippen LogP contribution in [0, 0.1) is 13.8 Å². The Hall–Kier alpha value is -2.29. The summed E-state index contributed by atoms with van der Waals surface area (Å²) in [4.78, 5) is 29.1. The second kappa shape index (κ2) is 5.78. The lowest BCUT2D eigenvalue weighted by Gasteiger charge is -2.00. The topological polar surface area (TPSA) is 102 Å². The van der Waals surface area contributed by atoms with Gasteiger partial charge in [-0.2, -0.15) is 9.90 Å². The van der Waals surface area contributed by atoms with Crippen molar-refractivity contribution < 1.29 is 9.59 Å². The molecule has 106 valence electrons. The molecule has 0 aliphatic rings. The van der Waals surface area contributed by atoms with Crippen molar-refractivity contribution in [3.05, 3.63) is 16.8 Å². The second-order valence-corrected chi connectivity index (χ2v) is 5.35. The highest BCUT2D eigenvalue weighted by Gasteiger charge is 2.10. The SMILES string of the molecule is CC(=O)Nc1cnn(CC(=O)Nc2nc(C)c(C)s2)n1. The first kappa shape index (κ1) is 14.1. The molecule has 2 aromatic rings. The van der Waals surface area contributed by atoms with Gasteiger partial charge < -0.3 is 10.6 Å². The van der Waals surface area contributed by atoms with Crippen LogP contribution in [0.5, 0.6) is 0 Å². The number of thiazole rings is 1. The van der Waals surface area contributed by atoms with Crippen molar-refractivity contribution in [1.29, 1.82) is 0 Å². The summed E-state index contributed by atoms with van der Waals surface area (Å²) in [6.07, 6.45) is 1.38. The van der Waals surface area contributed by atoms with Gasteiger partial charge in [0.05, 0.1) is 11.9 Å². The molecule has 0 saturated heterocycles. The fourth-order valence-corrected chi connectivity index (χ4v) is 2.26. The number of aromatic nitrogens is 4. The fraction of sp³-hybridized carbons (Fsp3) is 0.364. The summed E-state index contributed by atoms with van der Waals surface area (Å²) in [6.45, 7) is 5.16. The molecule has 8 nitrogen and oxygen atoms in total. The number of aryl methyl sites for hydroxylation is 2. The van der Waals surface area contributed by atoms with Crippen LogP contribution >= 0.6 is 11.3 Å². The average molecular weight is 294 g/mol. The van der Waals surface area contributed by atoms with E-state index in [9.17, 15) is 9.59 Å². The molecule has 0 aromatic carbocycles. The first-order valence-electron chi connectivity index (χ1n) is 5.85. The molecule has 0 bridgehead atoms. The quantitative estimate of drug-likeness (QED) is 0.874. The molecule has 0 aliphatic heterocycles. The van der Waals surface area contributed by atoms with Crippen LogP contribution in [0.15, 0.2) is 6.20 Å². The van der Waals surface area contributed by atoms with Crippen molar-refractivity contribution in [3.8, 4) is 0 Å². The molecule has 0 fully saturated rings. The van der Waals surface area contributed by atoms with Crippen LogP contribution in [0.3, 0.4) is 0 Å². The lowest BCUT2D eigenvalue weighted by Crippen LogP contribution is -2.20.